The van der Waals surface area contributed by atoms with Gasteiger partial charge in [0.1, 0.15) is 12.0 Å². The molecule has 0 saturated carbocycles. The van der Waals surface area contributed by atoms with Gasteiger partial charge in [0, 0.05) is 38.1 Å². The number of hydrogen-bond donors (Lipinski definition) is 1. The average Bonchev–Trinajstić information content (AvgIpc) is 3.25. The van der Waals surface area contributed by atoms with Crippen molar-refractivity contribution in [1.29, 1.82) is 5.26 Å². The highest BCUT2D eigenvalue weighted by molar-refractivity contribution is 5.78. The molecule has 3 rings (SSSR count). The molecule has 0 radical (unpaired) electrons. The molecule has 0 aliphatic carbocycles. The van der Waals surface area contributed by atoms with Crippen LogP contribution < -0.4 is 5.73 Å². The van der Waals surface area contributed by atoms with Crippen molar-refractivity contribution in [2.75, 3.05) is 32.9 Å². The second-order valence-corrected chi connectivity index (χ2v) is 10.1. The first-order valence-electron chi connectivity index (χ1n) is 12.1. The summed E-state index contributed by atoms with van der Waals surface area (Å²) in [5, 5.41) is 8.83. The van der Waals surface area contributed by atoms with Crippen LogP contribution in [-0.2, 0) is 20.8 Å². The predicted octanol–water partition coefficient (Wildman–Crippen LogP) is 3.69. The third-order valence-electron chi connectivity index (χ3n) is 6.28. The molecule has 2 N–H and O–H groups in total. The summed E-state index contributed by atoms with van der Waals surface area (Å²) in [6.07, 6.45) is 4.01. The molecule has 1 aliphatic heterocycles. The largest absolute Gasteiger partial charge is 0.417 e. The Labute approximate surface area is 206 Å². The number of nitriles is 1. The van der Waals surface area contributed by atoms with Crippen LogP contribution >= 0.6 is 0 Å². The monoisotopic (exact) mass is 485 g/mol. The molecule has 2 heterocycles. The maximum Gasteiger partial charge on any atom is 0.286 e. The number of amides is 1. The summed E-state index contributed by atoms with van der Waals surface area (Å²) in [6, 6.07) is 9.28. The average molecular weight is 486 g/mol. The number of rotatable bonds is 10. The van der Waals surface area contributed by atoms with E-state index in [9.17, 15) is 9.18 Å². The third-order valence-corrected chi connectivity index (χ3v) is 6.28. The quantitative estimate of drug-likeness (QED) is 0.515. The van der Waals surface area contributed by atoms with Crippen LogP contribution in [0.1, 0.15) is 45.5 Å². The van der Waals surface area contributed by atoms with Crippen LogP contribution in [0.2, 0.25) is 0 Å². The van der Waals surface area contributed by atoms with Gasteiger partial charge < -0.3 is 24.7 Å². The van der Waals surface area contributed by atoms with Gasteiger partial charge in [-0.1, -0.05) is 51.1 Å². The summed E-state index contributed by atoms with van der Waals surface area (Å²) in [5.41, 5.74) is 6.83. The summed E-state index contributed by atoms with van der Waals surface area (Å²) in [4.78, 5) is 19.6. The summed E-state index contributed by atoms with van der Waals surface area (Å²) >= 11 is 0. The first kappa shape index (κ1) is 26.6. The lowest BCUT2D eigenvalue weighted by atomic mass is 9.84. The molecular weight excluding hydrogens is 449 g/mol. The lowest BCUT2D eigenvalue weighted by Crippen LogP contribution is -2.47. The second kappa shape index (κ2) is 12.1. The van der Waals surface area contributed by atoms with E-state index >= 15 is 0 Å². The van der Waals surface area contributed by atoms with Crippen LogP contribution in [-0.4, -0.2) is 59.4 Å². The maximum absolute atomic E-state index is 14.6. The van der Waals surface area contributed by atoms with Gasteiger partial charge in [0.15, 0.2) is 6.61 Å². The van der Waals surface area contributed by atoms with Crippen LogP contribution in [0.5, 0.6) is 0 Å². The van der Waals surface area contributed by atoms with Crippen molar-refractivity contribution in [2.45, 2.75) is 52.4 Å². The number of carbonyl (C=O) groups excluding carboxylic acids is 1. The molecule has 8 nitrogen and oxygen atoms in total. The van der Waals surface area contributed by atoms with E-state index in [2.05, 4.69) is 4.57 Å². The third kappa shape index (κ3) is 7.03. The minimum Gasteiger partial charge on any atom is -0.417 e. The number of imidazole rings is 1. The molecule has 1 fully saturated rings. The summed E-state index contributed by atoms with van der Waals surface area (Å²) in [6.45, 7) is 7.25. The molecular formula is C26H36FN5O3. The zero-order chi connectivity index (χ0) is 25.4. The number of aromatic nitrogens is 2. The van der Waals surface area contributed by atoms with Crippen molar-refractivity contribution in [3.8, 4) is 17.5 Å². The lowest BCUT2D eigenvalue weighted by Gasteiger charge is -2.40. The molecule has 0 unspecified atom stereocenters. The molecule has 0 bridgehead atoms. The Morgan fingerprint density at radius 3 is 2.63 bits per heavy atom. The SMILES string of the molecule is CC(C)(C)[C@H](c1nc(-c2ccccc2)cn1CC1CCOCC1)N(C[C@H](F)CN)C(=O)COC#N. The van der Waals surface area contributed by atoms with Crippen LogP contribution in [0.3, 0.4) is 0 Å². The Balaban J connectivity index is 2.10. The number of benzene rings is 1. The van der Waals surface area contributed by atoms with E-state index in [1.54, 1.807) is 0 Å². The Kier molecular flexibility index (Phi) is 9.24. The Morgan fingerprint density at radius 2 is 2.03 bits per heavy atom. The number of alkyl halides is 1. The molecule has 1 aliphatic rings. The first-order chi connectivity index (χ1) is 16.7. The molecule has 2 atom stereocenters. The molecule has 1 saturated heterocycles. The van der Waals surface area contributed by atoms with Crippen molar-refractivity contribution < 1.29 is 18.7 Å². The van der Waals surface area contributed by atoms with Crippen molar-refractivity contribution in [1.82, 2.24) is 14.5 Å². The minimum atomic E-state index is -1.42. The van der Waals surface area contributed by atoms with Gasteiger partial charge in [-0.15, -0.1) is 0 Å². The van der Waals surface area contributed by atoms with Crippen molar-refractivity contribution in [2.24, 2.45) is 17.1 Å². The lowest BCUT2D eigenvalue weighted by molar-refractivity contribution is -0.140. The standard InChI is InChI=1S/C26H36FN5O3/c1-26(2,3)24(32(15-21(27)13-28)23(33)17-35-18-29)25-30-22(20-7-5-4-6-8-20)16-31(25)14-19-9-11-34-12-10-19/h4-8,16,19,21,24H,9-15,17,28H2,1-3H3/t21-,24+/m1/s1. The smallest absolute Gasteiger partial charge is 0.286 e. The van der Waals surface area contributed by atoms with Gasteiger partial charge >= 0.3 is 0 Å². The highest BCUT2D eigenvalue weighted by Crippen LogP contribution is 2.39. The van der Waals surface area contributed by atoms with Crippen molar-refractivity contribution in [3.63, 3.8) is 0 Å². The Bertz CT molecular complexity index is 993. The summed E-state index contributed by atoms with van der Waals surface area (Å²) < 4.78 is 27.0. The molecule has 1 amide bonds. The van der Waals surface area contributed by atoms with Crippen LogP contribution in [0.25, 0.3) is 11.3 Å². The number of nitrogens with zero attached hydrogens (tertiary/aromatic N) is 4. The molecule has 0 spiro atoms. The molecule has 1 aromatic heterocycles. The molecule has 1 aromatic carbocycles. The van der Waals surface area contributed by atoms with Gasteiger partial charge in [0.05, 0.1) is 18.3 Å². The van der Waals surface area contributed by atoms with Gasteiger partial charge in [-0.3, -0.25) is 4.79 Å². The molecule has 2 aromatic rings. The molecule has 9 heteroatoms. The fourth-order valence-electron chi connectivity index (χ4n) is 4.56. The van der Waals surface area contributed by atoms with E-state index in [4.69, 9.17) is 25.5 Å². The highest BCUT2D eigenvalue weighted by atomic mass is 19.1. The minimum absolute atomic E-state index is 0.211. The van der Waals surface area contributed by atoms with E-state index < -0.39 is 30.1 Å². The van der Waals surface area contributed by atoms with E-state index in [1.165, 1.54) is 11.2 Å². The Hall–Kier alpha value is -2.96. The number of hydrogen-bond acceptors (Lipinski definition) is 6. The van der Waals surface area contributed by atoms with Gasteiger partial charge in [-0.05, 0) is 24.2 Å². The zero-order valence-corrected chi connectivity index (χ0v) is 20.8. The maximum atomic E-state index is 14.6. The first-order valence-corrected chi connectivity index (χ1v) is 12.1. The number of halogens is 1. The predicted molar refractivity (Wildman–Crippen MR) is 131 cm³/mol. The molecule has 35 heavy (non-hydrogen) atoms. The topological polar surface area (TPSA) is 106 Å². The van der Waals surface area contributed by atoms with E-state index in [0.717, 1.165) is 43.9 Å². The van der Waals surface area contributed by atoms with Crippen LogP contribution in [0.4, 0.5) is 4.39 Å². The van der Waals surface area contributed by atoms with Crippen molar-refractivity contribution in [3.05, 3.63) is 42.4 Å². The van der Waals surface area contributed by atoms with Crippen LogP contribution in [0, 0.1) is 22.9 Å². The van der Waals surface area contributed by atoms with Gasteiger partial charge in [0.2, 0.25) is 0 Å². The number of carbonyl (C=O) groups is 1. The normalized spacial score (nSPS) is 16.3. The van der Waals surface area contributed by atoms with Crippen molar-refractivity contribution >= 4 is 5.91 Å². The number of nitrogens with two attached hydrogens (primary N) is 1. The molecule has 190 valence electrons. The van der Waals surface area contributed by atoms with Gasteiger partial charge in [-0.25, -0.2) is 9.37 Å². The summed E-state index contributed by atoms with van der Waals surface area (Å²) in [5.74, 6) is 0.604. The van der Waals surface area contributed by atoms with E-state index in [0.29, 0.717) is 11.7 Å². The highest BCUT2D eigenvalue weighted by Gasteiger charge is 2.39. The van der Waals surface area contributed by atoms with Crippen LogP contribution in [0.15, 0.2) is 36.5 Å². The fraction of sp³-hybridized carbons (Fsp3) is 0.577. The van der Waals surface area contributed by atoms with Gasteiger partial charge in [0.25, 0.3) is 12.2 Å². The second-order valence-electron chi connectivity index (χ2n) is 10.1. The zero-order valence-electron chi connectivity index (χ0n) is 20.8. The number of ether oxygens (including phenoxy) is 2. The summed E-state index contributed by atoms with van der Waals surface area (Å²) in [7, 11) is 0. The van der Waals surface area contributed by atoms with E-state index in [-0.39, 0.29) is 13.1 Å². The fourth-order valence-corrected chi connectivity index (χ4v) is 4.56. The van der Waals surface area contributed by atoms with E-state index in [1.807, 2.05) is 57.3 Å². The Morgan fingerprint density at radius 1 is 1.34 bits per heavy atom. The van der Waals surface area contributed by atoms with Gasteiger partial charge in [-0.2, -0.15) is 5.26 Å².